The molecule has 0 atom stereocenters. The lowest BCUT2D eigenvalue weighted by molar-refractivity contribution is -0.134. The third kappa shape index (κ3) is 5.40. The summed E-state index contributed by atoms with van der Waals surface area (Å²) in [4.78, 5) is 21.2. The second-order valence-corrected chi connectivity index (χ2v) is 8.51. The summed E-state index contributed by atoms with van der Waals surface area (Å²) >= 11 is 0. The topological polar surface area (TPSA) is 210 Å². The Morgan fingerprint density at radius 2 is 2.10 bits per heavy atom. The van der Waals surface area contributed by atoms with Crippen LogP contribution in [0.3, 0.4) is 0 Å². The van der Waals surface area contributed by atoms with Crippen LogP contribution in [-0.2, 0) is 19.1 Å². The summed E-state index contributed by atoms with van der Waals surface area (Å²) in [6.45, 7) is 0.429. The lowest BCUT2D eigenvalue weighted by Crippen LogP contribution is -2.49. The Kier molecular flexibility index (Phi) is 6.77. The number of aromatic nitrogens is 3. The molecule has 29 heavy (non-hydrogen) atoms. The SMILES string of the molecule is CS(=O)(=O)OC1(C(=O)Nc2ccnc3[nH]ncc23)CCC(CN=C(N)N)CC1.O. The van der Waals surface area contributed by atoms with Crippen LogP contribution in [0.5, 0.6) is 0 Å². The Balaban J connectivity index is 0.00000300. The number of guanidine groups is 1. The molecule has 0 spiro atoms. The van der Waals surface area contributed by atoms with Gasteiger partial charge in [-0.3, -0.25) is 19.1 Å². The van der Waals surface area contributed by atoms with E-state index in [9.17, 15) is 13.2 Å². The minimum atomic E-state index is -3.85. The number of hydrogen-bond acceptors (Lipinski definition) is 7. The summed E-state index contributed by atoms with van der Waals surface area (Å²) in [5.41, 5.74) is 10.2. The van der Waals surface area contributed by atoms with Crippen molar-refractivity contribution in [2.75, 3.05) is 18.1 Å². The molecule has 0 aliphatic heterocycles. The minimum Gasteiger partial charge on any atom is -0.412 e. The van der Waals surface area contributed by atoms with Crippen LogP contribution in [0.15, 0.2) is 23.5 Å². The molecule has 3 rings (SSSR count). The van der Waals surface area contributed by atoms with Gasteiger partial charge in [0.25, 0.3) is 16.0 Å². The fourth-order valence-corrected chi connectivity index (χ4v) is 4.22. The molecule has 0 radical (unpaired) electrons. The van der Waals surface area contributed by atoms with Gasteiger partial charge in [-0.1, -0.05) is 0 Å². The van der Waals surface area contributed by atoms with E-state index < -0.39 is 21.6 Å². The molecule has 0 saturated heterocycles. The largest absolute Gasteiger partial charge is 0.412 e. The van der Waals surface area contributed by atoms with Crippen LogP contribution in [-0.4, -0.2) is 59.3 Å². The summed E-state index contributed by atoms with van der Waals surface area (Å²) < 4.78 is 29.0. The van der Waals surface area contributed by atoms with Crippen molar-refractivity contribution in [3.8, 4) is 0 Å². The second kappa shape index (κ2) is 8.71. The highest BCUT2D eigenvalue weighted by atomic mass is 32.2. The van der Waals surface area contributed by atoms with Crippen molar-refractivity contribution in [3.63, 3.8) is 0 Å². The molecule has 0 bridgehead atoms. The molecule has 12 nitrogen and oxygen atoms in total. The van der Waals surface area contributed by atoms with Crippen LogP contribution in [0.1, 0.15) is 25.7 Å². The smallest absolute Gasteiger partial charge is 0.265 e. The molecule has 13 heteroatoms. The Morgan fingerprint density at radius 1 is 1.41 bits per heavy atom. The van der Waals surface area contributed by atoms with E-state index in [0.717, 1.165) is 6.26 Å². The molecule has 160 valence electrons. The zero-order chi connectivity index (χ0) is 20.4. The van der Waals surface area contributed by atoms with Crippen LogP contribution < -0.4 is 16.8 Å². The second-order valence-electron chi connectivity index (χ2n) is 6.94. The zero-order valence-electron chi connectivity index (χ0n) is 15.9. The van der Waals surface area contributed by atoms with Crippen molar-refractivity contribution in [2.45, 2.75) is 31.3 Å². The van der Waals surface area contributed by atoms with Crippen molar-refractivity contribution in [3.05, 3.63) is 18.5 Å². The number of aliphatic imine (C=N–C) groups is 1. The maximum Gasteiger partial charge on any atom is 0.265 e. The molecule has 2 heterocycles. The summed E-state index contributed by atoms with van der Waals surface area (Å²) in [7, 11) is -3.85. The van der Waals surface area contributed by atoms with Crippen molar-refractivity contribution in [1.29, 1.82) is 0 Å². The molecule has 1 saturated carbocycles. The average molecular weight is 427 g/mol. The van der Waals surface area contributed by atoms with Gasteiger partial charge in [0.2, 0.25) is 0 Å². The van der Waals surface area contributed by atoms with Gasteiger partial charge in [0.05, 0.1) is 23.5 Å². The number of carbonyl (C=O) groups excluding carboxylic acids is 1. The van der Waals surface area contributed by atoms with E-state index in [2.05, 4.69) is 25.5 Å². The van der Waals surface area contributed by atoms with Crippen molar-refractivity contribution >= 4 is 38.7 Å². The van der Waals surface area contributed by atoms with Crippen LogP contribution in [0, 0.1) is 5.92 Å². The van der Waals surface area contributed by atoms with Crippen molar-refractivity contribution in [2.24, 2.45) is 22.4 Å². The van der Waals surface area contributed by atoms with Crippen molar-refractivity contribution < 1.29 is 22.9 Å². The predicted octanol–water partition coefficient (Wildman–Crippen LogP) is -0.750. The first-order valence-electron chi connectivity index (χ1n) is 8.74. The van der Waals surface area contributed by atoms with E-state index >= 15 is 0 Å². The zero-order valence-corrected chi connectivity index (χ0v) is 16.7. The monoisotopic (exact) mass is 427 g/mol. The summed E-state index contributed by atoms with van der Waals surface area (Å²) in [6, 6.07) is 1.62. The van der Waals surface area contributed by atoms with E-state index in [1.54, 1.807) is 6.07 Å². The number of H-pyrrole nitrogens is 1. The van der Waals surface area contributed by atoms with Gasteiger partial charge < -0.3 is 22.3 Å². The fraction of sp³-hybridized carbons (Fsp3) is 0.500. The summed E-state index contributed by atoms with van der Waals surface area (Å²) in [5, 5.41) is 10.0. The average Bonchev–Trinajstić information content (AvgIpc) is 3.09. The third-order valence-corrected chi connectivity index (χ3v) is 5.39. The number of nitrogens with two attached hydrogens (primary N) is 2. The number of hydrogen-bond donors (Lipinski definition) is 4. The van der Waals surface area contributed by atoms with E-state index in [4.69, 9.17) is 15.7 Å². The van der Waals surface area contributed by atoms with Gasteiger partial charge in [-0.15, -0.1) is 0 Å². The number of pyridine rings is 1. The quantitative estimate of drug-likeness (QED) is 0.261. The number of nitrogens with one attached hydrogen (secondary N) is 2. The number of amides is 1. The van der Waals surface area contributed by atoms with E-state index in [1.165, 1.54) is 12.4 Å². The molecule has 1 fully saturated rings. The van der Waals surface area contributed by atoms with Gasteiger partial charge in [-0.05, 0) is 37.7 Å². The molecule has 1 aliphatic rings. The number of nitrogens with zero attached hydrogens (tertiary/aromatic N) is 3. The number of rotatable bonds is 6. The number of fused-ring (bicyclic) bond motifs is 1. The van der Waals surface area contributed by atoms with Gasteiger partial charge in [0, 0.05) is 12.7 Å². The number of aromatic amines is 1. The first-order chi connectivity index (χ1) is 13.2. The summed E-state index contributed by atoms with van der Waals surface area (Å²) in [6.07, 6.45) is 5.56. The van der Waals surface area contributed by atoms with Crippen molar-refractivity contribution in [1.82, 2.24) is 15.2 Å². The lowest BCUT2D eigenvalue weighted by atomic mass is 9.78. The van der Waals surface area contributed by atoms with E-state index in [-0.39, 0.29) is 30.2 Å². The van der Waals surface area contributed by atoms with Gasteiger partial charge in [-0.2, -0.15) is 13.5 Å². The van der Waals surface area contributed by atoms with Gasteiger partial charge in [0.1, 0.15) is 0 Å². The molecule has 1 aliphatic carbocycles. The molecule has 0 unspecified atom stereocenters. The standard InChI is InChI=1S/C16H23N7O4S.H2O/c1-28(25,26)27-16(5-2-10(3-6-16)8-20-15(17)18)14(24)22-12-4-7-19-13-11(12)9-21-23-13;/h4,7,9-10H,2-3,5-6,8H2,1H3,(H4,17,18,20)(H2,19,21,22,23,24);1H2. The molecule has 0 aromatic carbocycles. The van der Waals surface area contributed by atoms with Crippen LogP contribution in [0.25, 0.3) is 11.0 Å². The van der Waals surface area contributed by atoms with Crippen LogP contribution in [0.4, 0.5) is 5.69 Å². The normalized spacial score (nSPS) is 21.9. The maximum atomic E-state index is 13.1. The molecule has 2 aromatic rings. The van der Waals surface area contributed by atoms with Gasteiger partial charge in [-0.25, -0.2) is 4.98 Å². The fourth-order valence-electron chi connectivity index (χ4n) is 3.40. The molecular formula is C16H25N7O5S. The Morgan fingerprint density at radius 3 is 2.72 bits per heavy atom. The predicted molar refractivity (Wildman–Crippen MR) is 107 cm³/mol. The highest BCUT2D eigenvalue weighted by Gasteiger charge is 2.46. The van der Waals surface area contributed by atoms with E-state index in [0.29, 0.717) is 36.1 Å². The Bertz CT molecular complexity index is 992. The third-order valence-electron chi connectivity index (χ3n) is 4.77. The molecule has 1 amide bonds. The number of anilines is 1. The molecule has 2 aromatic heterocycles. The van der Waals surface area contributed by atoms with Crippen LogP contribution in [0.2, 0.25) is 0 Å². The highest BCUT2D eigenvalue weighted by Crippen LogP contribution is 2.37. The van der Waals surface area contributed by atoms with E-state index in [1.807, 2.05) is 0 Å². The maximum absolute atomic E-state index is 13.1. The van der Waals surface area contributed by atoms with Crippen LogP contribution >= 0.6 is 0 Å². The summed E-state index contributed by atoms with van der Waals surface area (Å²) in [5.74, 6) is -0.372. The van der Waals surface area contributed by atoms with Gasteiger partial charge >= 0.3 is 0 Å². The van der Waals surface area contributed by atoms with Gasteiger partial charge in [0.15, 0.2) is 17.2 Å². The number of carbonyl (C=O) groups is 1. The highest BCUT2D eigenvalue weighted by molar-refractivity contribution is 7.86. The Hall–Kier alpha value is -2.77. The molecule has 8 N–H and O–H groups in total. The Labute approximate surface area is 167 Å². The molecular weight excluding hydrogens is 402 g/mol. The first-order valence-corrected chi connectivity index (χ1v) is 10.6. The lowest BCUT2D eigenvalue weighted by Gasteiger charge is -2.37. The first kappa shape index (κ1) is 22.5. The minimum absolute atomic E-state index is 0.